The molecule has 19 heavy (non-hydrogen) atoms. The van der Waals surface area contributed by atoms with E-state index < -0.39 is 5.60 Å². The second kappa shape index (κ2) is 7.09. The Balaban J connectivity index is 2.70. The first-order chi connectivity index (χ1) is 8.94. The molecule has 0 bridgehead atoms. The molecule has 0 heterocycles. The lowest BCUT2D eigenvalue weighted by Crippen LogP contribution is -2.46. The van der Waals surface area contributed by atoms with E-state index in [1.54, 1.807) is 7.11 Å². The molecule has 1 rings (SSSR count). The Labute approximate surface area is 117 Å². The van der Waals surface area contributed by atoms with Crippen molar-refractivity contribution in [3.63, 3.8) is 0 Å². The number of carbonyl (C=O) groups excluding carboxylic acids is 1. The van der Waals surface area contributed by atoms with Crippen molar-refractivity contribution in [2.45, 2.75) is 64.6 Å². The van der Waals surface area contributed by atoms with Gasteiger partial charge in [0, 0.05) is 19.4 Å². The quantitative estimate of drug-likeness (QED) is 0.544. The molecule has 3 atom stereocenters. The van der Waals surface area contributed by atoms with Crippen LogP contribution in [0.15, 0.2) is 12.7 Å². The molecule has 0 aromatic carbocycles. The van der Waals surface area contributed by atoms with Crippen LogP contribution in [0.4, 0.5) is 0 Å². The Morgan fingerprint density at radius 2 is 2.11 bits per heavy atom. The summed E-state index contributed by atoms with van der Waals surface area (Å²) in [7, 11) is 1.74. The van der Waals surface area contributed by atoms with E-state index >= 15 is 0 Å². The third-order valence-electron chi connectivity index (χ3n) is 4.19. The summed E-state index contributed by atoms with van der Waals surface area (Å²) in [6.07, 6.45) is 6.55. The summed E-state index contributed by atoms with van der Waals surface area (Å²) in [6.45, 7) is 9.87. The van der Waals surface area contributed by atoms with E-state index in [1.165, 1.54) is 0 Å². The lowest BCUT2D eigenvalue weighted by Gasteiger charge is -2.42. The molecular formula is C16H28O3. The van der Waals surface area contributed by atoms with Crippen molar-refractivity contribution in [2.75, 3.05) is 7.11 Å². The zero-order valence-corrected chi connectivity index (χ0v) is 12.8. The summed E-state index contributed by atoms with van der Waals surface area (Å²) < 4.78 is 11.3. The van der Waals surface area contributed by atoms with Gasteiger partial charge in [0.1, 0.15) is 5.60 Å². The fraction of sp³-hybridized carbons (Fsp3) is 0.812. The first-order valence-corrected chi connectivity index (χ1v) is 7.31. The largest absolute Gasteiger partial charge is 0.459 e. The molecule has 0 aromatic heterocycles. The highest BCUT2D eigenvalue weighted by Gasteiger charge is 2.41. The number of allylic oxidation sites excluding steroid dienone is 1. The summed E-state index contributed by atoms with van der Waals surface area (Å²) in [5.74, 6) is 0.672. The molecule has 0 N–H and O–H groups in total. The highest BCUT2D eigenvalue weighted by atomic mass is 16.6. The fourth-order valence-electron chi connectivity index (χ4n) is 3.05. The highest BCUT2D eigenvalue weighted by Crippen LogP contribution is 2.39. The number of ether oxygens (including phenoxy) is 2. The lowest BCUT2D eigenvalue weighted by molar-refractivity contribution is -0.171. The van der Waals surface area contributed by atoms with E-state index in [9.17, 15) is 4.79 Å². The molecule has 1 saturated carbocycles. The van der Waals surface area contributed by atoms with Crippen molar-refractivity contribution in [2.24, 2.45) is 11.8 Å². The van der Waals surface area contributed by atoms with Crippen molar-refractivity contribution in [3.05, 3.63) is 12.7 Å². The zero-order valence-electron chi connectivity index (χ0n) is 12.8. The maximum Gasteiger partial charge on any atom is 0.306 e. The summed E-state index contributed by atoms with van der Waals surface area (Å²) in [5, 5.41) is 0. The van der Waals surface area contributed by atoms with Gasteiger partial charge in [-0.15, -0.1) is 6.58 Å². The maximum atomic E-state index is 11.7. The van der Waals surface area contributed by atoms with Gasteiger partial charge in [-0.3, -0.25) is 4.79 Å². The molecule has 3 unspecified atom stereocenters. The number of esters is 1. The van der Waals surface area contributed by atoms with Gasteiger partial charge in [0.05, 0.1) is 6.10 Å². The van der Waals surface area contributed by atoms with Crippen LogP contribution in [0.2, 0.25) is 0 Å². The average molecular weight is 268 g/mol. The first kappa shape index (κ1) is 16.2. The van der Waals surface area contributed by atoms with Gasteiger partial charge in [-0.25, -0.2) is 0 Å². The van der Waals surface area contributed by atoms with Gasteiger partial charge in [-0.1, -0.05) is 13.0 Å². The van der Waals surface area contributed by atoms with Crippen molar-refractivity contribution >= 4 is 5.97 Å². The number of rotatable bonds is 6. The summed E-state index contributed by atoms with van der Waals surface area (Å²) in [4.78, 5) is 11.7. The van der Waals surface area contributed by atoms with Gasteiger partial charge in [0.25, 0.3) is 0 Å². The molecule has 3 nitrogen and oxygen atoms in total. The van der Waals surface area contributed by atoms with E-state index in [0.717, 1.165) is 25.7 Å². The van der Waals surface area contributed by atoms with Crippen LogP contribution in [-0.4, -0.2) is 24.8 Å². The van der Waals surface area contributed by atoms with Gasteiger partial charge in [-0.2, -0.15) is 0 Å². The van der Waals surface area contributed by atoms with Crippen LogP contribution >= 0.6 is 0 Å². The lowest BCUT2D eigenvalue weighted by atomic mass is 9.72. The Kier molecular flexibility index (Phi) is 6.05. The van der Waals surface area contributed by atoms with Crippen LogP contribution in [-0.2, 0) is 14.3 Å². The summed E-state index contributed by atoms with van der Waals surface area (Å²) >= 11 is 0. The molecule has 1 fully saturated rings. The number of hydrogen-bond donors (Lipinski definition) is 0. The van der Waals surface area contributed by atoms with Crippen molar-refractivity contribution < 1.29 is 14.3 Å². The predicted octanol–water partition coefficient (Wildman–Crippen LogP) is 3.73. The zero-order chi connectivity index (χ0) is 14.5. The SMILES string of the molecule is C=CC1CCC(C(C)(C)OC(=O)CCC)C(OC)C1. The first-order valence-electron chi connectivity index (χ1n) is 7.31. The van der Waals surface area contributed by atoms with Gasteiger partial charge >= 0.3 is 5.97 Å². The third kappa shape index (κ3) is 4.34. The Bertz CT molecular complexity index is 309. The molecule has 0 saturated heterocycles. The second-order valence-electron chi connectivity index (χ2n) is 6.02. The van der Waals surface area contributed by atoms with Crippen LogP contribution < -0.4 is 0 Å². The van der Waals surface area contributed by atoms with E-state index in [1.807, 2.05) is 26.8 Å². The minimum absolute atomic E-state index is 0.104. The Hall–Kier alpha value is -0.830. The standard InChI is InChI=1S/C16H28O3/c1-6-8-15(17)19-16(3,4)13-10-9-12(7-2)11-14(13)18-5/h7,12-14H,2,6,8-11H2,1,3-5H3. The van der Waals surface area contributed by atoms with Crippen molar-refractivity contribution in [3.8, 4) is 0 Å². The summed E-state index contributed by atoms with van der Waals surface area (Å²) in [5.41, 5.74) is -0.459. The van der Waals surface area contributed by atoms with Gasteiger partial charge in [0.2, 0.25) is 0 Å². The van der Waals surface area contributed by atoms with E-state index in [-0.39, 0.29) is 18.0 Å². The Morgan fingerprint density at radius 3 is 2.63 bits per heavy atom. The molecule has 3 heteroatoms. The van der Waals surface area contributed by atoms with Crippen LogP contribution in [0.1, 0.15) is 52.9 Å². The maximum absolute atomic E-state index is 11.7. The highest BCUT2D eigenvalue weighted by molar-refractivity contribution is 5.69. The molecule has 1 aliphatic carbocycles. The predicted molar refractivity (Wildman–Crippen MR) is 76.9 cm³/mol. The Morgan fingerprint density at radius 1 is 1.42 bits per heavy atom. The van der Waals surface area contributed by atoms with E-state index in [4.69, 9.17) is 9.47 Å². The van der Waals surface area contributed by atoms with Crippen molar-refractivity contribution in [1.29, 1.82) is 0 Å². The monoisotopic (exact) mass is 268 g/mol. The van der Waals surface area contributed by atoms with Crippen LogP contribution in [0.3, 0.4) is 0 Å². The minimum Gasteiger partial charge on any atom is -0.459 e. The molecular weight excluding hydrogens is 240 g/mol. The minimum atomic E-state index is -0.459. The summed E-state index contributed by atoms with van der Waals surface area (Å²) in [6, 6.07) is 0. The molecule has 110 valence electrons. The van der Waals surface area contributed by atoms with Crippen LogP contribution in [0.5, 0.6) is 0 Å². The molecule has 1 aliphatic rings. The van der Waals surface area contributed by atoms with Crippen LogP contribution in [0, 0.1) is 11.8 Å². The van der Waals surface area contributed by atoms with Crippen LogP contribution in [0.25, 0.3) is 0 Å². The second-order valence-corrected chi connectivity index (χ2v) is 6.02. The average Bonchev–Trinajstić information content (AvgIpc) is 2.37. The number of methoxy groups -OCH3 is 1. The molecule has 0 amide bonds. The van der Waals surface area contributed by atoms with Gasteiger partial charge in [0.15, 0.2) is 0 Å². The number of hydrogen-bond acceptors (Lipinski definition) is 3. The fourth-order valence-corrected chi connectivity index (χ4v) is 3.05. The smallest absolute Gasteiger partial charge is 0.306 e. The molecule has 0 spiro atoms. The van der Waals surface area contributed by atoms with Crippen molar-refractivity contribution in [1.82, 2.24) is 0 Å². The molecule has 0 aromatic rings. The molecule has 0 radical (unpaired) electrons. The van der Waals surface area contributed by atoms with Gasteiger partial charge < -0.3 is 9.47 Å². The molecule has 0 aliphatic heterocycles. The third-order valence-corrected chi connectivity index (χ3v) is 4.19. The van der Waals surface area contributed by atoms with E-state index in [0.29, 0.717) is 12.3 Å². The topological polar surface area (TPSA) is 35.5 Å². The normalized spacial score (nSPS) is 27.9. The van der Waals surface area contributed by atoms with Gasteiger partial charge in [-0.05, 0) is 45.4 Å². The number of carbonyl (C=O) groups is 1. The van der Waals surface area contributed by atoms with E-state index in [2.05, 4.69) is 6.58 Å².